The lowest BCUT2D eigenvalue weighted by atomic mass is 10.0. The van der Waals surface area contributed by atoms with E-state index in [1.54, 1.807) is 12.1 Å². The Balaban J connectivity index is 2.23. The van der Waals surface area contributed by atoms with Gasteiger partial charge in [-0.2, -0.15) is 17.6 Å². The Morgan fingerprint density at radius 1 is 0.917 bits per heavy atom. The van der Waals surface area contributed by atoms with Gasteiger partial charge in [0.1, 0.15) is 0 Å². The maximum Gasteiger partial charge on any atom is 0.418 e. The maximum atomic E-state index is 14.8. The van der Waals surface area contributed by atoms with Crippen LogP contribution < -0.4 is 5.73 Å². The lowest BCUT2D eigenvalue weighted by Gasteiger charge is -2.08. The lowest BCUT2D eigenvalue weighted by Crippen LogP contribution is -2.05. The second-order valence-electron chi connectivity index (χ2n) is 5.53. The second kappa shape index (κ2) is 5.70. The fraction of sp³-hybridized carbons (Fsp3) is 0.111. The molecule has 2 nitrogen and oxygen atoms in total. The molecular formula is C18H14F4N2. The summed E-state index contributed by atoms with van der Waals surface area (Å²) in [5.41, 5.74) is 5.87. The first-order valence-electron chi connectivity index (χ1n) is 7.18. The van der Waals surface area contributed by atoms with E-state index >= 15 is 0 Å². The van der Waals surface area contributed by atoms with E-state index in [-0.39, 0.29) is 11.3 Å². The van der Waals surface area contributed by atoms with Crippen LogP contribution in [-0.2, 0) is 6.18 Å². The summed E-state index contributed by atoms with van der Waals surface area (Å²) in [6.07, 6.45) is -3.89. The molecule has 0 saturated carbocycles. The van der Waals surface area contributed by atoms with E-state index in [1.807, 2.05) is 6.92 Å². The topological polar surface area (TPSA) is 30.9 Å². The first-order chi connectivity index (χ1) is 11.3. The predicted molar refractivity (Wildman–Crippen MR) is 85.3 cm³/mol. The number of alkyl halides is 3. The molecule has 0 aliphatic rings. The highest BCUT2D eigenvalue weighted by Crippen LogP contribution is 2.40. The van der Waals surface area contributed by atoms with E-state index in [1.165, 1.54) is 36.4 Å². The summed E-state index contributed by atoms with van der Waals surface area (Å²) in [5.74, 6) is -0.962. The quantitative estimate of drug-likeness (QED) is 0.507. The van der Waals surface area contributed by atoms with Crippen LogP contribution >= 0.6 is 0 Å². The Morgan fingerprint density at radius 2 is 1.50 bits per heavy atom. The normalized spacial score (nSPS) is 11.7. The Kier molecular flexibility index (Phi) is 3.83. The van der Waals surface area contributed by atoms with Crippen LogP contribution in [0, 0.1) is 12.9 Å². The fourth-order valence-electron chi connectivity index (χ4n) is 2.51. The van der Waals surface area contributed by atoms with Gasteiger partial charge in [-0.3, -0.25) is 4.57 Å². The second-order valence-corrected chi connectivity index (χ2v) is 5.53. The molecule has 0 saturated heterocycles. The van der Waals surface area contributed by atoms with Gasteiger partial charge in [0.05, 0.1) is 5.56 Å². The van der Waals surface area contributed by atoms with E-state index < -0.39 is 23.3 Å². The molecule has 0 bridgehead atoms. The van der Waals surface area contributed by atoms with E-state index in [9.17, 15) is 17.6 Å². The molecule has 0 spiro atoms. The number of nitrogens with zero attached hydrogens (tertiary/aromatic N) is 1. The Morgan fingerprint density at radius 3 is 2.04 bits per heavy atom. The predicted octanol–water partition coefficient (Wildman–Crippen LogP) is 5.19. The molecule has 0 radical (unpaired) electrons. The SMILES string of the molecule is Cc1ccc(-c2c(C(F)(F)F)cn(-c3ccc(N)cc3)c2F)cc1. The van der Waals surface area contributed by atoms with Crippen molar-refractivity contribution in [2.24, 2.45) is 0 Å². The van der Waals surface area contributed by atoms with Crippen LogP contribution in [-0.4, -0.2) is 4.57 Å². The Bertz CT molecular complexity index is 860. The molecule has 3 rings (SSSR count). The number of aromatic nitrogens is 1. The highest BCUT2D eigenvalue weighted by Gasteiger charge is 2.38. The van der Waals surface area contributed by atoms with Crippen LogP contribution in [0.4, 0.5) is 23.2 Å². The van der Waals surface area contributed by atoms with Gasteiger partial charge in [-0.15, -0.1) is 0 Å². The molecule has 0 unspecified atom stereocenters. The highest BCUT2D eigenvalue weighted by atomic mass is 19.4. The zero-order chi connectivity index (χ0) is 17.5. The number of aryl methyl sites for hydroxylation is 1. The van der Waals surface area contributed by atoms with Gasteiger partial charge in [-0.05, 0) is 36.8 Å². The summed E-state index contributed by atoms with van der Waals surface area (Å²) in [7, 11) is 0. The van der Waals surface area contributed by atoms with Crippen molar-refractivity contribution in [3.63, 3.8) is 0 Å². The Hall–Kier alpha value is -2.76. The largest absolute Gasteiger partial charge is 0.418 e. The van der Waals surface area contributed by atoms with Crippen LogP contribution in [0.5, 0.6) is 0 Å². The molecule has 6 heteroatoms. The summed E-state index contributed by atoms with van der Waals surface area (Å²) in [6.45, 7) is 1.81. The molecule has 0 fully saturated rings. The summed E-state index contributed by atoms with van der Waals surface area (Å²) >= 11 is 0. The maximum absolute atomic E-state index is 14.8. The van der Waals surface area contributed by atoms with Crippen molar-refractivity contribution in [2.75, 3.05) is 5.73 Å². The van der Waals surface area contributed by atoms with Gasteiger partial charge in [-0.25, -0.2) is 0 Å². The van der Waals surface area contributed by atoms with E-state index in [0.717, 1.165) is 16.3 Å². The zero-order valence-electron chi connectivity index (χ0n) is 12.7. The molecule has 2 aromatic carbocycles. The molecular weight excluding hydrogens is 320 g/mol. The third-order valence-electron chi connectivity index (χ3n) is 3.76. The number of hydrogen-bond acceptors (Lipinski definition) is 1. The molecule has 1 heterocycles. The monoisotopic (exact) mass is 334 g/mol. The number of halogens is 4. The smallest absolute Gasteiger partial charge is 0.399 e. The molecule has 0 atom stereocenters. The molecule has 3 aromatic rings. The molecule has 0 aliphatic carbocycles. The van der Waals surface area contributed by atoms with E-state index in [0.29, 0.717) is 5.69 Å². The number of rotatable bonds is 2. The van der Waals surface area contributed by atoms with Gasteiger partial charge in [-0.1, -0.05) is 29.8 Å². The Labute approximate surface area is 136 Å². The van der Waals surface area contributed by atoms with Crippen molar-refractivity contribution in [3.05, 3.63) is 71.8 Å². The van der Waals surface area contributed by atoms with Crippen LogP contribution in [0.15, 0.2) is 54.7 Å². The standard InChI is InChI=1S/C18H14F4N2/c1-11-2-4-12(5-3-11)16-15(18(20,21)22)10-24(17(16)19)14-8-6-13(23)7-9-14/h2-10H,23H2,1H3. The number of nitrogens with two attached hydrogens (primary N) is 1. The third-order valence-corrected chi connectivity index (χ3v) is 3.76. The van der Waals surface area contributed by atoms with Crippen molar-refractivity contribution >= 4 is 5.69 Å². The number of nitrogen functional groups attached to an aromatic ring is 1. The zero-order valence-corrected chi connectivity index (χ0v) is 12.7. The number of benzene rings is 2. The van der Waals surface area contributed by atoms with Gasteiger partial charge in [0.2, 0.25) is 5.95 Å². The minimum Gasteiger partial charge on any atom is -0.399 e. The van der Waals surface area contributed by atoms with Gasteiger partial charge < -0.3 is 5.73 Å². The molecule has 0 aliphatic heterocycles. The van der Waals surface area contributed by atoms with Gasteiger partial charge in [0, 0.05) is 23.1 Å². The molecule has 0 amide bonds. The molecule has 2 N–H and O–H groups in total. The first-order valence-corrected chi connectivity index (χ1v) is 7.18. The van der Waals surface area contributed by atoms with Gasteiger partial charge in [0.25, 0.3) is 0 Å². The van der Waals surface area contributed by atoms with Crippen LogP contribution in [0.2, 0.25) is 0 Å². The number of anilines is 1. The van der Waals surface area contributed by atoms with Gasteiger partial charge >= 0.3 is 6.18 Å². The average molecular weight is 334 g/mol. The highest BCUT2D eigenvalue weighted by molar-refractivity contribution is 5.69. The van der Waals surface area contributed by atoms with E-state index in [4.69, 9.17) is 5.73 Å². The van der Waals surface area contributed by atoms with Crippen molar-refractivity contribution in [1.29, 1.82) is 0 Å². The van der Waals surface area contributed by atoms with Gasteiger partial charge in [0.15, 0.2) is 0 Å². The van der Waals surface area contributed by atoms with Crippen LogP contribution in [0.3, 0.4) is 0 Å². The molecule has 24 heavy (non-hydrogen) atoms. The molecule has 1 aromatic heterocycles. The third kappa shape index (κ3) is 2.87. The first kappa shape index (κ1) is 16.1. The van der Waals surface area contributed by atoms with Crippen LogP contribution in [0.25, 0.3) is 16.8 Å². The van der Waals surface area contributed by atoms with E-state index in [2.05, 4.69) is 0 Å². The van der Waals surface area contributed by atoms with Crippen LogP contribution in [0.1, 0.15) is 11.1 Å². The summed E-state index contributed by atoms with van der Waals surface area (Å²) < 4.78 is 55.9. The number of hydrogen-bond donors (Lipinski definition) is 1. The van der Waals surface area contributed by atoms with Crippen molar-refractivity contribution in [2.45, 2.75) is 13.1 Å². The van der Waals surface area contributed by atoms with Crippen molar-refractivity contribution < 1.29 is 17.6 Å². The molecule has 124 valence electrons. The fourth-order valence-corrected chi connectivity index (χ4v) is 2.51. The van der Waals surface area contributed by atoms with Crippen molar-refractivity contribution in [3.8, 4) is 16.8 Å². The minimum absolute atomic E-state index is 0.180. The summed E-state index contributed by atoms with van der Waals surface area (Å²) in [5, 5.41) is 0. The average Bonchev–Trinajstić information content (AvgIpc) is 2.87. The lowest BCUT2D eigenvalue weighted by molar-refractivity contribution is -0.137. The van der Waals surface area contributed by atoms with Crippen molar-refractivity contribution in [1.82, 2.24) is 4.57 Å². The minimum atomic E-state index is -4.67. The summed E-state index contributed by atoms with van der Waals surface area (Å²) in [4.78, 5) is 0. The summed E-state index contributed by atoms with van der Waals surface area (Å²) in [6, 6.07) is 12.2.